The van der Waals surface area contributed by atoms with Gasteiger partial charge >= 0.3 is 0 Å². The van der Waals surface area contributed by atoms with E-state index in [1.165, 1.54) is 0 Å². The molecule has 8 nitrogen and oxygen atoms in total. The number of hydrogen-bond donors (Lipinski definition) is 1. The first kappa shape index (κ1) is 23.0. The van der Waals surface area contributed by atoms with Crippen molar-refractivity contribution in [3.05, 3.63) is 54.1 Å². The van der Waals surface area contributed by atoms with Crippen molar-refractivity contribution in [2.45, 2.75) is 25.0 Å². The maximum atomic E-state index is 13.4. The van der Waals surface area contributed by atoms with Gasteiger partial charge in [-0.3, -0.25) is 9.69 Å². The third kappa shape index (κ3) is 6.00. The van der Waals surface area contributed by atoms with E-state index in [4.69, 9.17) is 18.9 Å². The van der Waals surface area contributed by atoms with Crippen molar-refractivity contribution in [3.63, 3.8) is 0 Å². The van der Waals surface area contributed by atoms with E-state index in [1.54, 1.807) is 18.2 Å². The molecule has 2 heterocycles. The van der Waals surface area contributed by atoms with Crippen LogP contribution < -0.4 is 14.2 Å². The van der Waals surface area contributed by atoms with Crippen LogP contribution in [0.3, 0.4) is 0 Å². The summed E-state index contributed by atoms with van der Waals surface area (Å²) < 4.78 is 22.5. The van der Waals surface area contributed by atoms with Gasteiger partial charge in [-0.1, -0.05) is 18.2 Å². The molecule has 0 bridgehead atoms. The second-order valence-corrected chi connectivity index (χ2v) is 9.25. The molecule has 2 aliphatic heterocycles. The van der Waals surface area contributed by atoms with E-state index in [1.807, 2.05) is 35.2 Å². The van der Waals surface area contributed by atoms with Gasteiger partial charge in [0.05, 0.1) is 12.7 Å². The maximum absolute atomic E-state index is 13.4. The fourth-order valence-electron chi connectivity index (χ4n) is 4.43. The van der Waals surface area contributed by atoms with E-state index >= 15 is 0 Å². The number of nitrogens with zero attached hydrogens (tertiary/aromatic N) is 2. The number of amides is 1. The number of fused-ring (bicyclic) bond motifs is 1. The Labute approximate surface area is 200 Å². The Morgan fingerprint density at radius 3 is 2.76 bits per heavy atom. The molecule has 8 heteroatoms. The molecular weight excluding hydrogens is 436 g/mol. The Morgan fingerprint density at radius 1 is 1.12 bits per heavy atom. The fraction of sp³-hybridized carbons (Fsp3) is 0.500. The molecule has 2 aromatic rings. The molecule has 182 valence electrons. The van der Waals surface area contributed by atoms with Crippen molar-refractivity contribution in [2.24, 2.45) is 5.92 Å². The molecule has 0 spiro atoms. The first-order valence-electron chi connectivity index (χ1n) is 12.0. The zero-order valence-electron chi connectivity index (χ0n) is 19.3. The van der Waals surface area contributed by atoms with E-state index in [0.717, 1.165) is 31.7 Å². The van der Waals surface area contributed by atoms with Gasteiger partial charge in [-0.25, -0.2) is 0 Å². The summed E-state index contributed by atoms with van der Waals surface area (Å²) in [5.74, 6) is 2.59. The Bertz CT molecular complexity index is 967. The Balaban J connectivity index is 1.16. The third-order valence-electron chi connectivity index (χ3n) is 6.38. The second kappa shape index (κ2) is 10.6. The van der Waals surface area contributed by atoms with Crippen molar-refractivity contribution in [1.29, 1.82) is 0 Å². The maximum Gasteiger partial charge on any atom is 0.254 e. The number of carbonyl (C=O) groups is 1. The summed E-state index contributed by atoms with van der Waals surface area (Å²) in [5, 5.41) is 10.5. The number of aliphatic hydroxyl groups excluding tert-OH is 1. The molecule has 1 aliphatic carbocycles. The van der Waals surface area contributed by atoms with Crippen LogP contribution >= 0.6 is 0 Å². The van der Waals surface area contributed by atoms with E-state index in [0.29, 0.717) is 49.2 Å². The average molecular weight is 469 g/mol. The quantitative estimate of drug-likeness (QED) is 0.574. The molecule has 2 fully saturated rings. The zero-order chi connectivity index (χ0) is 23.3. The minimum Gasteiger partial charge on any atom is -0.491 e. The Hall–Kier alpha value is -2.81. The molecule has 3 aliphatic rings. The van der Waals surface area contributed by atoms with Crippen LogP contribution in [0.5, 0.6) is 17.2 Å². The van der Waals surface area contributed by atoms with Crippen LogP contribution in [0.25, 0.3) is 0 Å². The van der Waals surface area contributed by atoms with E-state index in [-0.39, 0.29) is 25.4 Å². The Morgan fingerprint density at radius 2 is 1.94 bits per heavy atom. The van der Waals surface area contributed by atoms with Gasteiger partial charge in [-0.15, -0.1) is 0 Å². The topological polar surface area (TPSA) is 80.7 Å². The smallest absolute Gasteiger partial charge is 0.254 e. The molecule has 1 saturated heterocycles. The highest BCUT2D eigenvalue weighted by atomic mass is 16.7. The van der Waals surface area contributed by atoms with Gasteiger partial charge in [0, 0.05) is 38.3 Å². The number of aliphatic hydroxyl groups is 1. The van der Waals surface area contributed by atoms with Crippen molar-refractivity contribution in [2.75, 3.05) is 52.7 Å². The molecule has 0 unspecified atom stereocenters. The summed E-state index contributed by atoms with van der Waals surface area (Å²) in [6.07, 6.45) is 1.62. The van der Waals surface area contributed by atoms with Crippen molar-refractivity contribution in [1.82, 2.24) is 9.80 Å². The highest BCUT2D eigenvalue weighted by molar-refractivity contribution is 5.95. The minimum absolute atomic E-state index is 0.0118. The van der Waals surface area contributed by atoms with Crippen molar-refractivity contribution < 1.29 is 28.8 Å². The first-order chi connectivity index (χ1) is 16.6. The summed E-state index contributed by atoms with van der Waals surface area (Å²) >= 11 is 0. The van der Waals surface area contributed by atoms with Crippen LogP contribution in [0, 0.1) is 5.92 Å². The normalized spacial score (nSPS) is 20.7. The summed E-state index contributed by atoms with van der Waals surface area (Å²) in [5.41, 5.74) is 0.603. The highest BCUT2D eigenvalue weighted by Crippen LogP contribution is 2.34. The standard InChI is InChI=1S/C26H32N2O6/c29-21(17-32-22-4-2-1-3-5-22)14-27-10-11-31-23(15-27)16-28(13-19-6-7-19)26(30)20-8-9-24-25(12-20)34-18-33-24/h1-5,8-9,12,19,21,23,29H,6-7,10-11,13-18H2/t21-,23+/m0/s1. The SMILES string of the molecule is O=C(c1ccc2c(c1)OCO2)N(CC1CC1)C[C@H]1CN(C[C@H](O)COc2ccccc2)CCO1. The lowest BCUT2D eigenvalue weighted by Crippen LogP contribution is -2.51. The molecule has 0 radical (unpaired) electrons. The van der Waals surface area contributed by atoms with Crippen LogP contribution in [0.2, 0.25) is 0 Å². The van der Waals surface area contributed by atoms with E-state index in [9.17, 15) is 9.90 Å². The lowest BCUT2D eigenvalue weighted by Gasteiger charge is -2.36. The van der Waals surface area contributed by atoms with Crippen LogP contribution in [-0.2, 0) is 4.74 Å². The van der Waals surface area contributed by atoms with Gasteiger partial charge in [0.1, 0.15) is 18.5 Å². The Kier molecular flexibility index (Phi) is 7.18. The largest absolute Gasteiger partial charge is 0.491 e. The zero-order valence-corrected chi connectivity index (χ0v) is 19.3. The predicted octanol–water partition coefficient (Wildman–Crippen LogP) is 2.41. The molecular formula is C26H32N2O6. The van der Waals surface area contributed by atoms with Crippen LogP contribution in [0.15, 0.2) is 48.5 Å². The molecule has 34 heavy (non-hydrogen) atoms. The molecule has 1 N–H and O–H groups in total. The number of para-hydroxylation sites is 1. The van der Waals surface area contributed by atoms with Crippen molar-refractivity contribution >= 4 is 5.91 Å². The summed E-state index contributed by atoms with van der Waals surface area (Å²) in [6.45, 7) is 4.18. The second-order valence-electron chi connectivity index (χ2n) is 9.25. The fourth-order valence-corrected chi connectivity index (χ4v) is 4.43. The van der Waals surface area contributed by atoms with Gasteiger partial charge in [0.25, 0.3) is 5.91 Å². The third-order valence-corrected chi connectivity index (χ3v) is 6.38. The molecule has 2 atom stereocenters. The number of benzene rings is 2. The monoisotopic (exact) mass is 468 g/mol. The number of carbonyl (C=O) groups excluding carboxylic acids is 1. The number of morpholine rings is 1. The number of hydrogen-bond acceptors (Lipinski definition) is 7. The van der Waals surface area contributed by atoms with Crippen LogP contribution in [0.4, 0.5) is 0 Å². The molecule has 1 saturated carbocycles. The van der Waals surface area contributed by atoms with E-state index in [2.05, 4.69) is 4.90 Å². The molecule has 5 rings (SSSR count). The van der Waals surface area contributed by atoms with Gasteiger partial charge in [-0.2, -0.15) is 0 Å². The van der Waals surface area contributed by atoms with Gasteiger partial charge < -0.3 is 29.0 Å². The summed E-state index contributed by atoms with van der Waals surface area (Å²) in [4.78, 5) is 17.5. The van der Waals surface area contributed by atoms with Gasteiger partial charge in [0.15, 0.2) is 11.5 Å². The molecule has 0 aromatic heterocycles. The lowest BCUT2D eigenvalue weighted by atomic mass is 10.1. The van der Waals surface area contributed by atoms with Crippen LogP contribution in [0.1, 0.15) is 23.2 Å². The van der Waals surface area contributed by atoms with Gasteiger partial charge in [0.2, 0.25) is 6.79 Å². The minimum atomic E-state index is -0.600. The predicted molar refractivity (Wildman–Crippen MR) is 125 cm³/mol. The van der Waals surface area contributed by atoms with Crippen molar-refractivity contribution in [3.8, 4) is 17.2 Å². The summed E-state index contributed by atoms with van der Waals surface area (Å²) in [7, 11) is 0. The molecule has 2 aromatic carbocycles. The highest BCUT2D eigenvalue weighted by Gasteiger charge is 2.31. The molecule has 1 amide bonds. The number of ether oxygens (including phenoxy) is 4. The van der Waals surface area contributed by atoms with Crippen LogP contribution in [-0.4, -0.2) is 85.8 Å². The first-order valence-corrected chi connectivity index (χ1v) is 12.0. The summed E-state index contributed by atoms with van der Waals surface area (Å²) in [6, 6.07) is 14.9. The average Bonchev–Trinajstić information content (AvgIpc) is 3.55. The number of rotatable bonds is 10. The van der Waals surface area contributed by atoms with E-state index < -0.39 is 6.10 Å². The number of β-amino-alcohol motifs (C(OH)–C–C–N with tert-alkyl or cyclic N) is 1. The van der Waals surface area contributed by atoms with Gasteiger partial charge in [-0.05, 0) is 49.1 Å². The lowest BCUT2D eigenvalue weighted by molar-refractivity contribution is -0.0538.